The molecule has 6 nitrogen and oxygen atoms in total. The summed E-state index contributed by atoms with van der Waals surface area (Å²) in [6.07, 6.45) is -0.743. The Balaban J connectivity index is 1.52. The number of ether oxygens (including phenoxy) is 1. The van der Waals surface area contributed by atoms with Crippen molar-refractivity contribution in [2.24, 2.45) is 0 Å². The Kier molecular flexibility index (Phi) is 8.21. The van der Waals surface area contributed by atoms with E-state index in [0.717, 1.165) is 0 Å². The number of rotatable bonds is 6. The second-order valence-electron chi connectivity index (χ2n) is 6.65. The molecule has 0 aliphatic heterocycles. The molecule has 1 unspecified atom stereocenters. The van der Waals surface area contributed by atoms with Gasteiger partial charge in [0, 0.05) is 15.8 Å². The number of anilines is 2. The number of hydrogen-bond donors (Lipinski definition) is 3. The van der Waals surface area contributed by atoms with Gasteiger partial charge in [-0.15, -0.1) is 0 Å². The lowest BCUT2D eigenvalue weighted by Crippen LogP contribution is -2.34. The molecule has 164 valence electrons. The highest BCUT2D eigenvalue weighted by molar-refractivity contribution is 9.10. The number of amides is 2. The van der Waals surface area contributed by atoms with Crippen LogP contribution in [0.1, 0.15) is 17.3 Å². The third-order valence-corrected chi connectivity index (χ3v) is 5.47. The summed E-state index contributed by atoms with van der Waals surface area (Å²) in [4.78, 5) is 24.7. The number of thiocarbonyl (C=S) groups is 1. The molecule has 3 aromatic carbocycles. The second kappa shape index (κ2) is 11.1. The van der Waals surface area contributed by atoms with Crippen LogP contribution in [0.25, 0.3) is 0 Å². The number of hydrogen-bond acceptors (Lipinski definition) is 4. The molecule has 3 N–H and O–H groups in total. The van der Waals surface area contributed by atoms with Crippen molar-refractivity contribution in [3.63, 3.8) is 0 Å². The fourth-order valence-electron chi connectivity index (χ4n) is 2.64. The number of nitrogens with one attached hydrogen (secondary N) is 3. The van der Waals surface area contributed by atoms with Gasteiger partial charge in [-0.3, -0.25) is 14.9 Å². The van der Waals surface area contributed by atoms with E-state index in [2.05, 4.69) is 31.9 Å². The van der Waals surface area contributed by atoms with Gasteiger partial charge in [0.2, 0.25) is 0 Å². The minimum atomic E-state index is -0.743. The average Bonchev–Trinajstić information content (AvgIpc) is 2.76. The van der Waals surface area contributed by atoms with Crippen LogP contribution in [0.15, 0.2) is 77.3 Å². The predicted octanol–water partition coefficient (Wildman–Crippen LogP) is 5.64. The molecular formula is C23H19BrClN3O3S. The van der Waals surface area contributed by atoms with Crippen molar-refractivity contribution in [2.75, 3.05) is 10.6 Å². The minimum Gasteiger partial charge on any atom is -0.479 e. The van der Waals surface area contributed by atoms with Crippen LogP contribution >= 0.6 is 39.7 Å². The van der Waals surface area contributed by atoms with Crippen LogP contribution in [0.2, 0.25) is 5.02 Å². The molecule has 1 atom stereocenters. The Morgan fingerprint density at radius 3 is 2.19 bits per heavy atom. The van der Waals surface area contributed by atoms with Gasteiger partial charge in [-0.1, -0.05) is 35.9 Å². The van der Waals surface area contributed by atoms with E-state index in [1.807, 2.05) is 6.07 Å². The quantitative estimate of drug-likeness (QED) is 0.358. The Labute approximate surface area is 204 Å². The summed E-state index contributed by atoms with van der Waals surface area (Å²) in [6, 6.07) is 20.9. The first-order valence-electron chi connectivity index (χ1n) is 9.52. The van der Waals surface area contributed by atoms with E-state index >= 15 is 0 Å². The van der Waals surface area contributed by atoms with Crippen LogP contribution in [-0.4, -0.2) is 23.0 Å². The second-order valence-corrected chi connectivity index (χ2v) is 8.31. The highest BCUT2D eigenvalue weighted by Gasteiger charge is 2.16. The van der Waals surface area contributed by atoms with E-state index in [0.29, 0.717) is 32.2 Å². The molecule has 0 spiro atoms. The lowest BCUT2D eigenvalue weighted by molar-refractivity contribution is -0.122. The third-order valence-electron chi connectivity index (χ3n) is 4.27. The molecule has 0 fully saturated rings. The van der Waals surface area contributed by atoms with Crippen LogP contribution in [0.5, 0.6) is 5.75 Å². The molecule has 2 amide bonds. The molecule has 0 aliphatic carbocycles. The lowest BCUT2D eigenvalue weighted by Gasteiger charge is -2.16. The van der Waals surface area contributed by atoms with Crippen LogP contribution in [-0.2, 0) is 4.79 Å². The van der Waals surface area contributed by atoms with Crippen LogP contribution in [0.4, 0.5) is 11.4 Å². The molecule has 0 aromatic heterocycles. The minimum absolute atomic E-state index is 0.157. The Morgan fingerprint density at radius 2 is 1.53 bits per heavy atom. The molecule has 0 aliphatic rings. The maximum atomic E-state index is 12.4. The summed E-state index contributed by atoms with van der Waals surface area (Å²) in [5, 5.41) is 8.94. The first-order chi connectivity index (χ1) is 15.3. The summed E-state index contributed by atoms with van der Waals surface area (Å²) in [5.41, 5.74) is 1.71. The third kappa shape index (κ3) is 6.53. The standard InChI is InChI=1S/C23H19BrClN3O3S/c1-14(31-20-9-5-4-8-19(20)25)21(29)26-15-10-12-16(13-11-15)27-23(32)28-22(30)17-6-2-3-7-18(17)24/h2-14H,1H3,(H,26,29)(H2,27,28,30,32). The smallest absolute Gasteiger partial charge is 0.265 e. The fraction of sp³-hybridized carbons (Fsp3) is 0.0870. The fourth-order valence-corrected chi connectivity index (χ4v) is 3.50. The van der Waals surface area contributed by atoms with Crippen molar-refractivity contribution in [2.45, 2.75) is 13.0 Å². The van der Waals surface area contributed by atoms with E-state index in [1.165, 1.54) is 0 Å². The van der Waals surface area contributed by atoms with E-state index in [4.69, 9.17) is 28.6 Å². The van der Waals surface area contributed by atoms with Gasteiger partial charge in [0.25, 0.3) is 11.8 Å². The zero-order chi connectivity index (χ0) is 23.1. The topological polar surface area (TPSA) is 79.5 Å². The van der Waals surface area contributed by atoms with Gasteiger partial charge in [-0.05, 0) is 83.6 Å². The number of benzene rings is 3. The molecule has 0 heterocycles. The Hall–Kier alpha value is -2.94. The molecule has 0 bridgehead atoms. The normalized spacial score (nSPS) is 11.2. The zero-order valence-corrected chi connectivity index (χ0v) is 20.1. The predicted molar refractivity (Wildman–Crippen MR) is 134 cm³/mol. The van der Waals surface area contributed by atoms with Crippen molar-refractivity contribution in [1.82, 2.24) is 5.32 Å². The number of carbonyl (C=O) groups excluding carboxylic acids is 2. The van der Waals surface area contributed by atoms with Crippen LogP contribution in [0, 0.1) is 0 Å². The van der Waals surface area contributed by atoms with E-state index in [9.17, 15) is 9.59 Å². The first kappa shape index (κ1) is 23.7. The summed E-state index contributed by atoms with van der Waals surface area (Å²) in [7, 11) is 0. The maximum Gasteiger partial charge on any atom is 0.265 e. The van der Waals surface area contributed by atoms with Crippen molar-refractivity contribution in [3.05, 3.63) is 87.9 Å². The van der Waals surface area contributed by atoms with E-state index < -0.39 is 6.10 Å². The highest BCUT2D eigenvalue weighted by Crippen LogP contribution is 2.24. The summed E-state index contributed by atoms with van der Waals surface area (Å²) in [5.74, 6) is -0.206. The Bertz CT molecular complexity index is 1140. The van der Waals surface area contributed by atoms with Gasteiger partial charge in [0.05, 0.1) is 10.6 Å². The van der Waals surface area contributed by atoms with Crippen molar-refractivity contribution in [3.8, 4) is 5.75 Å². The van der Waals surface area contributed by atoms with Crippen molar-refractivity contribution >= 4 is 68.1 Å². The SMILES string of the molecule is CC(Oc1ccccc1Cl)C(=O)Nc1ccc(NC(=S)NC(=O)c2ccccc2Br)cc1. The largest absolute Gasteiger partial charge is 0.479 e. The summed E-state index contributed by atoms with van der Waals surface area (Å²) < 4.78 is 6.29. The van der Waals surface area contributed by atoms with Crippen molar-refractivity contribution < 1.29 is 14.3 Å². The van der Waals surface area contributed by atoms with Crippen molar-refractivity contribution in [1.29, 1.82) is 0 Å². The highest BCUT2D eigenvalue weighted by atomic mass is 79.9. The monoisotopic (exact) mass is 531 g/mol. The zero-order valence-electron chi connectivity index (χ0n) is 16.9. The van der Waals surface area contributed by atoms with Gasteiger partial charge < -0.3 is 15.4 Å². The van der Waals surface area contributed by atoms with E-state index in [-0.39, 0.29) is 16.9 Å². The van der Waals surface area contributed by atoms with Crippen LogP contribution in [0.3, 0.4) is 0 Å². The van der Waals surface area contributed by atoms with Gasteiger partial charge in [-0.25, -0.2) is 0 Å². The summed E-state index contributed by atoms with van der Waals surface area (Å²) >= 11 is 14.6. The molecule has 32 heavy (non-hydrogen) atoms. The summed E-state index contributed by atoms with van der Waals surface area (Å²) in [6.45, 7) is 1.64. The van der Waals surface area contributed by atoms with Gasteiger partial charge in [0.1, 0.15) is 5.75 Å². The molecule has 3 rings (SSSR count). The van der Waals surface area contributed by atoms with Crippen LogP contribution < -0.4 is 20.7 Å². The number of carbonyl (C=O) groups is 2. The maximum absolute atomic E-state index is 12.4. The Morgan fingerprint density at radius 1 is 0.938 bits per heavy atom. The van der Waals surface area contributed by atoms with Gasteiger partial charge in [0.15, 0.2) is 11.2 Å². The molecule has 3 aromatic rings. The van der Waals surface area contributed by atoms with E-state index in [1.54, 1.807) is 73.7 Å². The molecule has 0 radical (unpaired) electrons. The molecule has 9 heteroatoms. The number of halogens is 2. The average molecular weight is 533 g/mol. The van der Waals surface area contributed by atoms with Gasteiger partial charge >= 0.3 is 0 Å². The molecule has 0 saturated heterocycles. The van der Waals surface area contributed by atoms with Gasteiger partial charge in [-0.2, -0.15) is 0 Å². The lowest BCUT2D eigenvalue weighted by atomic mass is 10.2. The molecule has 0 saturated carbocycles. The molecular weight excluding hydrogens is 514 g/mol. The first-order valence-corrected chi connectivity index (χ1v) is 11.1. The number of para-hydroxylation sites is 1.